The van der Waals surface area contributed by atoms with Gasteiger partial charge in [-0.25, -0.2) is 0 Å². The molecule has 0 aliphatic heterocycles. The zero-order chi connectivity index (χ0) is 12.4. The van der Waals surface area contributed by atoms with E-state index >= 15 is 0 Å². The Balaban J connectivity index is 1.96. The number of allylic oxidation sites excluding steroid dienone is 4. The normalized spacial score (nSPS) is 36.6. The number of nitrogens with two attached hydrogens (primary N) is 1. The lowest BCUT2D eigenvalue weighted by Gasteiger charge is -2.25. The van der Waals surface area contributed by atoms with Gasteiger partial charge in [-0.3, -0.25) is 4.99 Å². The van der Waals surface area contributed by atoms with Gasteiger partial charge in [0.2, 0.25) is 0 Å². The van der Waals surface area contributed by atoms with Crippen LogP contribution in [0.3, 0.4) is 0 Å². The van der Waals surface area contributed by atoms with Crippen molar-refractivity contribution < 1.29 is 0 Å². The highest BCUT2D eigenvalue weighted by molar-refractivity contribution is 5.91. The van der Waals surface area contributed by atoms with Gasteiger partial charge in [0.25, 0.3) is 0 Å². The quantitative estimate of drug-likeness (QED) is 0.343. The minimum Gasteiger partial charge on any atom is -0.384 e. The van der Waals surface area contributed by atoms with Crippen LogP contribution in [0, 0.1) is 23.7 Å². The number of aliphatic imine (C=N–C) groups is 1. The third-order valence-electron chi connectivity index (χ3n) is 4.06. The van der Waals surface area contributed by atoms with Crippen molar-refractivity contribution in [3.63, 3.8) is 0 Å². The van der Waals surface area contributed by atoms with Crippen molar-refractivity contribution >= 4 is 5.84 Å². The summed E-state index contributed by atoms with van der Waals surface area (Å²) in [6, 6.07) is 0. The predicted octanol–water partition coefficient (Wildman–Crippen LogP) is 2.93. The Morgan fingerprint density at radius 2 is 2.41 bits per heavy atom. The molecule has 1 unspecified atom stereocenters. The first-order chi connectivity index (χ1) is 8.13. The molecule has 0 aromatic rings. The molecule has 2 nitrogen and oxygen atoms in total. The Bertz CT molecular complexity index is 390. The predicted molar refractivity (Wildman–Crippen MR) is 73.8 cm³/mol. The molecular formula is C15H22N2. The molecule has 2 aliphatic rings. The summed E-state index contributed by atoms with van der Waals surface area (Å²) >= 11 is 0. The second-order valence-electron chi connectivity index (χ2n) is 5.30. The Hall–Kier alpha value is -1.31. The van der Waals surface area contributed by atoms with E-state index in [1.165, 1.54) is 6.42 Å². The van der Waals surface area contributed by atoms with Gasteiger partial charge in [0, 0.05) is 6.54 Å². The van der Waals surface area contributed by atoms with E-state index in [2.05, 4.69) is 31.5 Å². The van der Waals surface area contributed by atoms with Crippen molar-refractivity contribution in [2.75, 3.05) is 6.54 Å². The van der Waals surface area contributed by atoms with Gasteiger partial charge < -0.3 is 5.73 Å². The lowest BCUT2D eigenvalue weighted by molar-refractivity contribution is 0.352. The lowest BCUT2D eigenvalue weighted by atomic mass is 9.82. The minimum atomic E-state index is 0.612. The first-order valence-electron chi connectivity index (χ1n) is 6.40. The van der Waals surface area contributed by atoms with Gasteiger partial charge in [-0.15, -0.1) is 0 Å². The molecule has 1 saturated carbocycles. The van der Waals surface area contributed by atoms with Crippen LogP contribution in [0.2, 0.25) is 0 Å². The molecule has 0 heterocycles. The summed E-state index contributed by atoms with van der Waals surface area (Å²) in [6.07, 6.45) is 9.13. The highest BCUT2D eigenvalue weighted by atomic mass is 14.9. The van der Waals surface area contributed by atoms with Crippen molar-refractivity contribution in [1.82, 2.24) is 0 Å². The molecule has 0 bridgehead atoms. The van der Waals surface area contributed by atoms with Crippen molar-refractivity contribution in [1.29, 1.82) is 0 Å². The molecule has 0 aromatic heterocycles. The molecule has 2 heteroatoms. The first-order valence-corrected chi connectivity index (χ1v) is 6.40. The van der Waals surface area contributed by atoms with E-state index in [-0.39, 0.29) is 0 Å². The molecule has 2 N–H and O–H groups in total. The summed E-state index contributed by atoms with van der Waals surface area (Å²) in [6.45, 7) is 9.04. The lowest BCUT2D eigenvalue weighted by Crippen LogP contribution is -2.22. The monoisotopic (exact) mass is 230 g/mol. The number of fused-ring (bicyclic) bond motifs is 1. The summed E-state index contributed by atoms with van der Waals surface area (Å²) in [4.78, 5) is 4.47. The van der Waals surface area contributed by atoms with E-state index in [9.17, 15) is 0 Å². The number of nitrogens with zero attached hydrogens (tertiary/aromatic N) is 1. The highest BCUT2D eigenvalue weighted by Crippen LogP contribution is 2.54. The van der Waals surface area contributed by atoms with E-state index in [0.717, 1.165) is 18.4 Å². The summed E-state index contributed by atoms with van der Waals surface area (Å²) in [5, 5.41) is 0. The Labute approximate surface area is 104 Å². The topological polar surface area (TPSA) is 38.4 Å². The molecule has 1 fully saturated rings. The Kier molecular flexibility index (Phi) is 3.51. The fourth-order valence-corrected chi connectivity index (χ4v) is 2.99. The summed E-state index contributed by atoms with van der Waals surface area (Å²) in [5.41, 5.74) is 7.39. The number of amidine groups is 1. The van der Waals surface area contributed by atoms with E-state index in [1.807, 2.05) is 12.2 Å². The largest absolute Gasteiger partial charge is 0.384 e. The maximum absolute atomic E-state index is 5.81. The fraction of sp³-hybridized carbons (Fsp3) is 0.533. The number of rotatable bonds is 4. The van der Waals surface area contributed by atoms with Crippen LogP contribution in [0.5, 0.6) is 0 Å². The van der Waals surface area contributed by atoms with Gasteiger partial charge in [-0.1, -0.05) is 37.3 Å². The van der Waals surface area contributed by atoms with Crippen LogP contribution < -0.4 is 5.73 Å². The molecule has 0 amide bonds. The van der Waals surface area contributed by atoms with E-state index in [0.29, 0.717) is 17.7 Å². The van der Waals surface area contributed by atoms with Crippen LogP contribution in [0.25, 0.3) is 0 Å². The van der Waals surface area contributed by atoms with E-state index < -0.39 is 0 Å². The second-order valence-corrected chi connectivity index (χ2v) is 5.30. The highest BCUT2D eigenvalue weighted by Gasteiger charge is 2.47. The zero-order valence-corrected chi connectivity index (χ0v) is 10.8. The standard InChI is InChI=1S/C15H22N2/c1-4-5-6-15(16)17-9-14-11(3)7-10(2)12-8-13(12)14/h4-7,11-14H,1,8-9H2,2-3H3,(H2,16,17)/t11-,12+,13-,14?/m0/s1. The fourth-order valence-electron chi connectivity index (χ4n) is 2.99. The summed E-state index contributed by atoms with van der Waals surface area (Å²) < 4.78 is 0. The molecule has 92 valence electrons. The molecular weight excluding hydrogens is 208 g/mol. The van der Waals surface area contributed by atoms with Gasteiger partial charge in [-0.05, 0) is 43.1 Å². The van der Waals surface area contributed by atoms with Gasteiger partial charge in [0.1, 0.15) is 5.84 Å². The second kappa shape index (κ2) is 4.91. The van der Waals surface area contributed by atoms with Crippen LogP contribution in [0.15, 0.2) is 41.4 Å². The van der Waals surface area contributed by atoms with Gasteiger partial charge in [0.15, 0.2) is 0 Å². The van der Waals surface area contributed by atoms with Crippen molar-refractivity contribution in [2.24, 2.45) is 34.4 Å². The molecule has 0 spiro atoms. The minimum absolute atomic E-state index is 0.612. The SMILES string of the molecule is C=CC=CC(N)=NCC1[C@H]2C[C@@H]2C(C)=C[C@@H]1C. The molecule has 17 heavy (non-hydrogen) atoms. The van der Waals surface area contributed by atoms with Crippen LogP contribution in [0.1, 0.15) is 20.3 Å². The molecule has 2 rings (SSSR count). The van der Waals surface area contributed by atoms with Crippen molar-refractivity contribution in [3.05, 3.63) is 36.5 Å². The Morgan fingerprint density at radius 1 is 1.65 bits per heavy atom. The van der Waals surface area contributed by atoms with E-state index in [4.69, 9.17) is 5.73 Å². The van der Waals surface area contributed by atoms with E-state index in [1.54, 1.807) is 11.6 Å². The zero-order valence-electron chi connectivity index (χ0n) is 10.8. The molecule has 0 radical (unpaired) electrons. The molecule has 4 atom stereocenters. The van der Waals surface area contributed by atoms with Crippen LogP contribution in [0.4, 0.5) is 0 Å². The number of hydrogen-bond donors (Lipinski definition) is 1. The van der Waals surface area contributed by atoms with Crippen LogP contribution >= 0.6 is 0 Å². The van der Waals surface area contributed by atoms with Gasteiger partial charge >= 0.3 is 0 Å². The van der Waals surface area contributed by atoms with Crippen molar-refractivity contribution in [3.8, 4) is 0 Å². The van der Waals surface area contributed by atoms with Crippen molar-refractivity contribution in [2.45, 2.75) is 20.3 Å². The average Bonchev–Trinajstić information content (AvgIpc) is 3.06. The van der Waals surface area contributed by atoms with Crippen LogP contribution in [-0.2, 0) is 0 Å². The maximum Gasteiger partial charge on any atom is 0.118 e. The molecule has 0 saturated heterocycles. The number of hydrogen-bond acceptors (Lipinski definition) is 1. The third kappa shape index (κ3) is 2.68. The average molecular weight is 230 g/mol. The summed E-state index contributed by atoms with van der Waals surface area (Å²) in [5.74, 6) is 3.63. The summed E-state index contributed by atoms with van der Waals surface area (Å²) in [7, 11) is 0. The third-order valence-corrected chi connectivity index (χ3v) is 4.06. The maximum atomic E-state index is 5.81. The Morgan fingerprint density at radius 3 is 3.12 bits per heavy atom. The molecule has 2 aliphatic carbocycles. The van der Waals surface area contributed by atoms with Gasteiger partial charge in [-0.2, -0.15) is 0 Å². The smallest absolute Gasteiger partial charge is 0.118 e. The first kappa shape index (κ1) is 12.2. The van der Waals surface area contributed by atoms with Crippen LogP contribution in [-0.4, -0.2) is 12.4 Å². The van der Waals surface area contributed by atoms with Gasteiger partial charge in [0.05, 0.1) is 0 Å². The molecule has 0 aromatic carbocycles.